The molecular weight excluding hydrogens is 309 g/mol. The van der Waals surface area contributed by atoms with Crippen LogP contribution >= 0.6 is 34.8 Å². The zero-order valence-electron chi connectivity index (χ0n) is 9.78. The number of methoxy groups -OCH3 is 1. The molecule has 2 rings (SSSR count). The van der Waals surface area contributed by atoms with Crippen LogP contribution in [0.2, 0.25) is 15.1 Å². The molecule has 3 nitrogen and oxygen atoms in total. The van der Waals surface area contributed by atoms with Crippen LogP contribution in [0.25, 0.3) is 11.3 Å². The Morgan fingerprint density at radius 3 is 2.32 bits per heavy atom. The van der Waals surface area contributed by atoms with Crippen LogP contribution in [0, 0.1) is 0 Å². The highest BCUT2D eigenvalue weighted by molar-refractivity contribution is 6.35. The molecule has 0 fully saturated rings. The third kappa shape index (κ3) is 3.18. The summed E-state index contributed by atoms with van der Waals surface area (Å²) in [5.74, 6) is -0.597. The van der Waals surface area contributed by atoms with Crippen molar-refractivity contribution >= 4 is 40.8 Å². The highest BCUT2D eigenvalue weighted by Crippen LogP contribution is 2.27. The number of pyridine rings is 1. The van der Waals surface area contributed by atoms with Gasteiger partial charge in [0.15, 0.2) is 5.69 Å². The van der Waals surface area contributed by atoms with E-state index in [2.05, 4.69) is 9.72 Å². The number of carbonyl (C=O) groups is 1. The summed E-state index contributed by atoms with van der Waals surface area (Å²) in [6, 6.07) is 8.26. The second-order valence-electron chi connectivity index (χ2n) is 3.68. The highest BCUT2D eigenvalue weighted by atomic mass is 35.5. The fraction of sp³-hybridized carbons (Fsp3) is 0.0769. The number of aromatic nitrogens is 1. The molecule has 2 aromatic rings. The molecule has 98 valence electrons. The average Bonchev–Trinajstić information content (AvgIpc) is 2.37. The van der Waals surface area contributed by atoms with Crippen LogP contribution in [0.5, 0.6) is 0 Å². The molecule has 0 spiro atoms. The lowest BCUT2D eigenvalue weighted by molar-refractivity contribution is 0.0594. The van der Waals surface area contributed by atoms with Crippen molar-refractivity contribution in [1.82, 2.24) is 4.98 Å². The average molecular weight is 317 g/mol. The van der Waals surface area contributed by atoms with Gasteiger partial charge >= 0.3 is 5.97 Å². The first kappa shape index (κ1) is 14.1. The molecule has 0 saturated heterocycles. The van der Waals surface area contributed by atoms with Crippen LogP contribution in [0.15, 0.2) is 30.3 Å². The number of ether oxygens (including phenoxy) is 1. The molecule has 1 aromatic heterocycles. The van der Waals surface area contributed by atoms with E-state index in [1.165, 1.54) is 7.11 Å². The summed E-state index contributed by atoms with van der Waals surface area (Å²) in [5.41, 5.74) is 1.28. The van der Waals surface area contributed by atoms with E-state index in [0.717, 1.165) is 0 Å². The normalized spacial score (nSPS) is 10.3. The molecule has 0 saturated carbocycles. The number of hydrogen-bond donors (Lipinski definition) is 0. The minimum atomic E-state index is -0.597. The van der Waals surface area contributed by atoms with E-state index in [1.807, 2.05) is 0 Å². The van der Waals surface area contributed by atoms with Crippen molar-refractivity contribution in [1.29, 1.82) is 0 Å². The van der Waals surface area contributed by atoms with Gasteiger partial charge in [-0.25, -0.2) is 9.78 Å². The second-order valence-corrected chi connectivity index (χ2v) is 4.96. The van der Waals surface area contributed by atoms with Crippen molar-refractivity contribution in [2.45, 2.75) is 0 Å². The molecule has 0 aliphatic carbocycles. The van der Waals surface area contributed by atoms with E-state index in [-0.39, 0.29) is 10.7 Å². The van der Waals surface area contributed by atoms with Gasteiger partial charge in [0.25, 0.3) is 0 Å². The molecule has 19 heavy (non-hydrogen) atoms. The van der Waals surface area contributed by atoms with Gasteiger partial charge in [0.1, 0.15) is 0 Å². The minimum absolute atomic E-state index is 0.0535. The summed E-state index contributed by atoms with van der Waals surface area (Å²) in [6.07, 6.45) is 0. The molecule has 1 heterocycles. The topological polar surface area (TPSA) is 39.2 Å². The van der Waals surface area contributed by atoms with Gasteiger partial charge in [0, 0.05) is 15.6 Å². The largest absolute Gasteiger partial charge is 0.464 e. The number of halogens is 3. The van der Waals surface area contributed by atoms with Gasteiger partial charge in [-0.15, -0.1) is 0 Å². The molecule has 6 heteroatoms. The van der Waals surface area contributed by atoms with Crippen LogP contribution in [-0.4, -0.2) is 18.1 Å². The van der Waals surface area contributed by atoms with Crippen molar-refractivity contribution in [3.8, 4) is 11.3 Å². The van der Waals surface area contributed by atoms with Gasteiger partial charge in [0.2, 0.25) is 0 Å². The Bertz CT molecular complexity index is 624. The van der Waals surface area contributed by atoms with Crippen molar-refractivity contribution < 1.29 is 9.53 Å². The molecule has 0 bridgehead atoms. The predicted octanol–water partition coefficient (Wildman–Crippen LogP) is 4.50. The summed E-state index contributed by atoms with van der Waals surface area (Å²) in [6.45, 7) is 0. The summed E-state index contributed by atoms with van der Waals surface area (Å²) in [4.78, 5) is 15.7. The molecule has 0 unspecified atom stereocenters. The summed E-state index contributed by atoms with van der Waals surface area (Å²) >= 11 is 17.8. The minimum Gasteiger partial charge on any atom is -0.464 e. The molecule has 0 N–H and O–H groups in total. The lowest BCUT2D eigenvalue weighted by atomic mass is 10.1. The van der Waals surface area contributed by atoms with Gasteiger partial charge in [0.05, 0.1) is 17.8 Å². The summed E-state index contributed by atoms with van der Waals surface area (Å²) < 4.78 is 4.62. The van der Waals surface area contributed by atoms with Crippen molar-refractivity contribution in [3.63, 3.8) is 0 Å². The van der Waals surface area contributed by atoms with Crippen molar-refractivity contribution in [3.05, 3.63) is 51.1 Å². The van der Waals surface area contributed by atoms with Crippen molar-refractivity contribution in [2.24, 2.45) is 0 Å². The molecule has 0 aliphatic heterocycles. The van der Waals surface area contributed by atoms with Crippen LogP contribution in [-0.2, 0) is 4.74 Å². The maximum Gasteiger partial charge on any atom is 0.358 e. The Balaban J connectivity index is 2.54. The quantitative estimate of drug-likeness (QED) is 0.766. The first-order valence-corrected chi connectivity index (χ1v) is 6.36. The maximum absolute atomic E-state index is 11.5. The van der Waals surface area contributed by atoms with E-state index >= 15 is 0 Å². The Morgan fingerprint density at radius 2 is 1.74 bits per heavy atom. The second kappa shape index (κ2) is 5.78. The lowest BCUT2D eigenvalue weighted by Crippen LogP contribution is -2.05. The number of carbonyl (C=O) groups excluding carboxylic acids is 1. The first-order chi connectivity index (χ1) is 9.01. The monoisotopic (exact) mass is 315 g/mol. The Morgan fingerprint density at radius 1 is 1.11 bits per heavy atom. The SMILES string of the molecule is COC(=O)c1nc(-c2cc(Cl)cc(Cl)c2)ccc1Cl. The standard InChI is InChI=1S/C13H8Cl3NO2/c1-19-13(18)12-10(16)2-3-11(17-12)7-4-8(14)6-9(15)5-7/h2-6H,1H3. The maximum atomic E-state index is 11.5. The van der Waals surface area contributed by atoms with Crippen molar-refractivity contribution in [2.75, 3.05) is 7.11 Å². The van der Waals surface area contributed by atoms with E-state index < -0.39 is 5.97 Å². The molecule has 0 amide bonds. The van der Waals surface area contributed by atoms with Gasteiger partial charge in [-0.2, -0.15) is 0 Å². The van der Waals surface area contributed by atoms with E-state index in [4.69, 9.17) is 34.8 Å². The van der Waals surface area contributed by atoms with Gasteiger partial charge < -0.3 is 4.74 Å². The van der Waals surface area contributed by atoms with Crippen LogP contribution in [0.3, 0.4) is 0 Å². The van der Waals surface area contributed by atoms with Crippen LogP contribution in [0.1, 0.15) is 10.5 Å². The third-order valence-corrected chi connectivity index (χ3v) is 3.12. The fourth-order valence-corrected chi connectivity index (χ4v) is 2.25. The smallest absolute Gasteiger partial charge is 0.358 e. The molecule has 0 aliphatic rings. The Labute approximate surface area is 125 Å². The van der Waals surface area contributed by atoms with E-state index in [0.29, 0.717) is 21.3 Å². The Kier molecular flexibility index (Phi) is 4.30. The number of nitrogens with zero attached hydrogens (tertiary/aromatic N) is 1. The molecular formula is C13H8Cl3NO2. The third-order valence-electron chi connectivity index (χ3n) is 2.38. The van der Waals surface area contributed by atoms with Crippen LogP contribution in [0.4, 0.5) is 0 Å². The summed E-state index contributed by atoms with van der Waals surface area (Å²) in [5, 5.41) is 1.20. The number of benzene rings is 1. The first-order valence-electron chi connectivity index (χ1n) is 5.22. The molecule has 0 atom stereocenters. The van der Waals surface area contributed by atoms with Gasteiger partial charge in [-0.3, -0.25) is 0 Å². The van der Waals surface area contributed by atoms with E-state index in [1.54, 1.807) is 30.3 Å². The Hall–Kier alpha value is -1.29. The number of hydrogen-bond acceptors (Lipinski definition) is 3. The molecule has 0 radical (unpaired) electrons. The number of esters is 1. The lowest BCUT2D eigenvalue weighted by Gasteiger charge is -2.06. The number of rotatable bonds is 2. The van der Waals surface area contributed by atoms with Crippen LogP contribution < -0.4 is 0 Å². The summed E-state index contributed by atoms with van der Waals surface area (Å²) in [7, 11) is 1.27. The molecule has 1 aromatic carbocycles. The van der Waals surface area contributed by atoms with E-state index in [9.17, 15) is 4.79 Å². The van der Waals surface area contributed by atoms with Gasteiger partial charge in [-0.05, 0) is 30.3 Å². The fourth-order valence-electron chi connectivity index (χ4n) is 1.54. The zero-order chi connectivity index (χ0) is 14.0. The zero-order valence-corrected chi connectivity index (χ0v) is 12.1. The predicted molar refractivity (Wildman–Crippen MR) is 76.0 cm³/mol. The highest BCUT2D eigenvalue weighted by Gasteiger charge is 2.14. The van der Waals surface area contributed by atoms with Gasteiger partial charge in [-0.1, -0.05) is 34.8 Å².